The minimum atomic E-state index is -2.74. The number of rotatable bonds is 6. The molecule has 0 unspecified atom stereocenters. The first kappa shape index (κ1) is 18.2. The first-order chi connectivity index (χ1) is 8.05. The Balaban J connectivity index is 0. The van der Waals surface area contributed by atoms with Gasteiger partial charge in [0.2, 0.25) is 5.91 Å². The van der Waals surface area contributed by atoms with Crippen LogP contribution in [0.15, 0.2) is 0 Å². The molecule has 0 aliphatic heterocycles. The average Bonchev–Trinajstić information content (AvgIpc) is 2.15. The molecule has 0 aliphatic rings. The van der Waals surface area contributed by atoms with E-state index in [9.17, 15) is 19.2 Å². The second-order valence-corrected chi connectivity index (χ2v) is 3.15. The van der Waals surface area contributed by atoms with Gasteiger partial charge in [0.1, 0.15) is 0 Å². The quantitative estimate of drug-likeness (QED) is 0.293. The third kappa shape index (κ3) is 9.06. The maximum Gasteiger partial charge on any atom is 0.336 e. The van der Waals surface area contributed by atoms with E-state index in [4.69, 9.17) is 26.2 Å². The van der Waals surface area contributed by atoms with Crippen LogP contribution in [0.5, 0.6) is 0 Å². The van der Waals surface area contributed by atoms with Gasteiger partial charge in [-0.25, -0.2) is 4.79 Å². The number of amides is 1. The number of aliphatic hydroxyl groups is 1. The number of aliphatic carboxylic acids is 3. The zero-order valence-corrected chi connectivity index (χ0v) is 9.20. The highest BCUT2D eigenvalue weighted by molar-refractivity contribution is 5.88. The molecule has 0 aromatic heterocycles. The van der Waals surface area contributed by atoms with Crippen LogP contribution in [-0.2, 0) is 19.2 Å². The zero-order valence-electron chi connectivity index (χ0n) is 9.20. The molecule has 104 valence electrons. The molecule has 8 N–H and O–H groups in total. The fourth-order valence-corrected chi connectivity index (χ4v) is 0.714. The summed E-state index contributed by atoms with van der Waals surface area (Å²) in [6, 6.07) is 0. The molecule has 0 heterocycles. The molecule has 10 heteroatoms. The largest absolute Gasteiger partial charge is 0.481 e. The smallest absolute Gasteiger partial charge is 0.336 e. The fourth-order valence-electron chi connectivity index (χ4n) is 0.714. The Morgan fingerprint density at radius 3 is 1.33 bits per heavy atom. The molecule has 0 saturated carbocycles. The third-order valence-electron chi connectivity index (χ3n) is 1.49. The van der Waals surface area contributed by atoms with E-state index in [1.165, 1.54) is 0 Å². The van der Waals surface area contributed by atoms with Gasteiger partial charge in [-0.2, -0.15) is 0 Å². The van der Waals surface area contributed by atoms with E-state index >= 15 is 0 Å². The van der Waals surface area contributed by atoms with Gasteiger partial charge < -0.3 is 31.9 Å². The van der Waals surface area contributed by atoms with Gasteiger partial charge in [-0.1, -0.05) is 0 Å². The highest BCUT2D eigenvalue weighted by Crippen LogP contribution is 2.15. The summed E-state index contributed by atoms with van der Waals surface area (Å²) in [5.74, 6) is -5.49. The maximum absolute atomic E-state index is 10.3. The SMILES string of the molecule is NCC(N)=O.O=C(O)CC(O)(CC(=O)O)C(=O)O. The summed E-state index contributed by atoms with van der Waals surface area (Å²) in [5.41, 5.74) is 6.49. The Morgan fingerprint density at radius 2 is 1.22 bits per heavy atom. The second-order valence-electron chi connectivity index (χ2n) is 3.15. The lowest BCUT2D eigenvalue weighted by atomic mass is 9.96. The van der Waals surface area contributed by atoms with Crippen molar-refractivity contribution in [1.29, 1.82) is 0 Å². The molecule has 0 saturated heterocycles. The minimum absolute atomic E-state index is 0.0556. The Bertz CT molecular complexity index is 324. The molecule has 0 spiro atoms. The Kier molecular flexibility index (Phi) is 8.05. The van der Waals surface area contributed by atoms with Crippen molar-refractivity contribution in [2.75, 3.05) is 6.54 Å². The summed E-state index contributed by atoms with van der Waals surface area (Å²) < 4.78 is 0. The first-order valence-electron chi connectivity index (χ1n) is 4.43. The normalized spacial score (nSPS) is 9.89. The fraction of sp³-hybridized carbons (Fsp3) is 0.500. The number of carboxylic acid groups (broad SMARTS) is 3. The number of carbonyl (C=O) groups is 4. The van der Waals surface area contributed by atoms with Gasteiger partial charge in [-0.05, 0) is 0 Å². The lowest BCUT2D eigenvalue weighted by Gasteiger charge is -2.18. The topological polar surface area (TPSA) is 201 Å². The van der Waals surface area contributed by atoms with Crippen LogP contribution in [0.1, 0.15) is 12.8 Å². The van der Waals surface area contributed by atoms with Crippen molar-refractivity contribution >= 4 is 23.8 Å². The van der Waals surface area contributed by atoms with E-state index < -0.39 is 42.3 Å². The van der Waals surface area contributed by atoms with Gasteiger partial charge in [0.05, 0.1) is 19.4 Å². The third-order valence-corrected chi connectivity index (χ3v) is 1.49. The average molecular weight is 266 g/mol. The monoisotopic (exact) mass is 266 g/mol. The van der Waals surface area contributed by atoms with Crippen LogP contribution in [0, 0.1) is 0 Å². The molecule has 0 bridgehead atoms. The van der Waals surface area contributed by atoms with Crippen molar-refractivity contribution in [1.82, 2.24) is 0 Å². The molecule has 0 aliphatic carbocycles. The predicted octanol–water partition coefficient (Wildman–Crippen LogP) is -2.82. The van der Waals surface area contributed by atoms with Crippen molar-refractivity contribution in [3.63, 3.8) is 0 Å². The summed E-state index contributed by atoms with van der Waals surface area (Å²) in [4.78, 5) is 40.0. The Labute approximate surface area is 101 Å². The molecule has 0 atom stereocenters. The summed E-state index contributed by atoms with van der Waals surface area (Å²) in [6.45, 7) is -0.0556. The number of hydrogen-bond acceptors (Lipinski definition) is 6. The lowest BCUT2D eigenvalue weighted by molar-refractivity contribution is -0.170. The summed E-state index contributed by atoms with van der Waals surface area (Å²) in [5, 5.41) is 33.8. The minimum Gasteiger partial charge on any atom is -0.481 e. The van der Waals surface area contributed by atoms with Crippen LogP contribution in [0.2, 0.25) is 0 Å². The number of primary amides is 1. The number of nitrogens with two attached hydrogens (primary N) is 2. The molecule has 0 aromatic rings. The molecule has 1 amide bonds. The molecule has 0 fully saturated rings. The van der Waals surface area contributed by atoms with E-state index in [-0.39, 0.29) is 6.54 Å². The van der Waals surface area contributed by atoms with E-state index in [0.717, 1.165) is 0 Å². The molecular weight excluding hydrogens is 252 g/mol. The summed E-state index contributed by atoms with van der Waals surface area (Å²) in [6.07, 6.45) is -2.29. The van der Waals surface area contributed by atoms with Crippen LogP contribution < -0.4 is 11.5 Å². The van der Waals surface area contributed by atoms with Gasteiger partial charge in [-0.3, -0.25) is 14.4 Å². The Morgan fingerprint density at radius 1 is 0.944 bits per heavy atom. The van der Waals surface area contributed by atoms with Gasteiger partial charge >= 0.3 is 17.9 Å². The van der Waals surface area contributed by atoms with Gasteiger partial charge in [0, 0.05) is 0 Å². The van der Waals surface area contributed by atoms with Crippen LogP contribution in [-0.4, -0.2) is 56.4 Å². The first-order valence-corrected chi connectivity index (χ1v) is 4.43. The van der Waals surface area contributed by atoms with Gasteiger partial charge in [-0.15, -0.1) is 0 Å². The van der Waals surface area contributed by atoms with E-state index in [1.807, 2.05) is 0 Å². The van der Waals surface area contributed by atoms with Crippen LogP contribution in [0.3, 0.4) is 0 Å². The van der Waals surface area contributed by atoms with Crippen LogP contribution in [0.25, 0.3) is 0 Å². The Hall–Kier alpha value is -2.20. The van der Waals surface area contributed by atoms with Crippen molar-refractivity contribution in [3.05, 3.63) is 0 Å². The molecular formula is C8H14N2O8. The van der Waals surface area contributed by atoms with E-state index in [2.05, 4.69) is 5.73 Å². The predicted molar refractivity (Wildman–Crippen MR) is 55.3 cm³/mol. The maximum atomic E-state index is 10.3. The highest BCUT2D eigenvalue weighted by Gasteiger charge is 2.40. The number of carbonyl (C=O) groups excluding carboxylic acids is 1. The van der Waals surface area contributed by atoms with Crippen LogP contribution >= 0.6 is 0 Å². The van der Waals surface area contributed by atoms with E-state index in [1.54, 1.807) is 0 Å². The molecule has 10 nitrogen and oxygen atoms in total. The van der Waals surface area contributed by atoms with Crippen LogP contribution in [0.4, 0.5) is 0 Å². The zero-order chi connectivity index (χ0) is 14.9. The standard InChI is InChI=1S/C6H8O7.C2H6N2O/c7-3(8)1-6(13,5(11)12)2-4(9)10;3-1-2(4)5/h13H,1-2H2,(H,7,8)(H,9,10)(H,11,12);1,3H2,(H2,4,5). The van der Waals surface area contributed by atoms with Gasteiger partial charge in [0.25, 0.3) is 0 Å². The second kappa shape index (κ2) is 7.97. The molecule has 18 heavy (non-hydrogen) atoms. The molecule has 0 rings (SSSR count). The highest BCUT2D eigenvalue weighted by atomic mass is 16.4. The molecule has 0 aromatic carbocycles. The summed E-state index contributed by atoms with van der Waals surface area (Å²) in [7, 11) is 0. The van der Waals surface area contributed by atoms with Gasteiger partial charge in [0.15, 0.2) is 5.60 Å². The lowest BCUT2D eigenvalue weighted by Crippen LogP contribution is -2.42. The number of carboxylic acids is 3. The van der Waals surface area contributed by atoms with Crippen molar-refractivity contribution in [3.8, 4) is 0 Å². The van der Waals surface area contributed by atoms with Crippen molar-refractivity contribution in [2.24, 2.45) is 11.5 Å². The number of hydrogen-bond donors (Lipinski definition) is 6. The van der Waals surface area contributed by atoms with E-state index in [0.29, 0.717) is 0 Å². The van der Waals surface area contributed by atoms with Crippen molar-refractivity contribution in [2.45, 2.75) is 18.4 Å². The summed E-state index contributed by atoms with van der Waals surface area (Å²) >= 11 is 0. The van der Waals surface area contributed by atoms with Crippen molar-refractivity contribution < 1.29 is 39.6 Å². The molecule has 0 radical (unpaired) electrons.